The molecule has 0 aromatic heterocycles. The van der Waals surface area contributed by atoms with Gasteiger partial charge in [-0.05, 0) is 33.6 Å². The van der Waals surface area contributed by atoms with E-state index in [-0.39, 0.29) is 0 Å². The highest BCUT2D eigenvalue weighted by Crippen LogP contribution is 2.05. The Balaban J connectivity index is 3.88. The van der Waals surface area contributed by atoms with Crippen LogP contribution in [0.15, 0.2) is 23.3 Å². The van der Waals surface area contributed by atoms with Crippen LogP contribution in [0.5, 0.6) is 0 Å². The minimum atomic E-state index is -0.861. The number of hydrogen-bond acceptors (Lipinski definition) is 3. The molecular weight excluding hydrogens is 218 g/mol. The van der Waals surface area contributed by atoms with Gasteiger partial charge in [0.05, 0.1) is 7.11 Å². The summed E-state index contributed by atoms with van der Waals surface area (Å²) < 4.78 is 4.28. The first kappa shape index (κ1) is 15.4. The summed E-state index contributed by atoms with van der Waals surface area (Å²) >= 11 is 0. The second-order valence-corrected chi connectivity index (χ2v) is 4.07. The highest BCUT2D eigenvalue weighted by atomic mass is 16.5. The smallest absolute Gasteiger partial charge is 0.396 e. The van der Waals surface area contributed by atoms with Gasteiger partial charge in [-0.1, -0.05) is 23.3 Å². The molecule has 0 saturated carbocycles. The summed E-state index contributed by atoms with van der Waals surface area (Å²) in [5.74, 6) is -1.57. The van der Waals surface area contributed by atoms with Crippen molar-refractivity contribution < 1.29 is 14.3 Å². The van der Waals surface area contributed by atoms with Crippen molar-refractivity contribution in [2.75, 3.05) is 13.7 Å². The summed E-state index contributed by atoms with van der Waals surface area (Å²) in [4.78, 5) is 21.8. The average molecular weight is 239 g/mol. The Kier molecular flexibility index (Phi) is 7.76. The molecule has 0 rings (SSSR count). The fourth-order valence-corrected chi connectivity index (χ4v) is 1.17. The van der Waals surface area contributed by atoms with Gasteiger partial charge in [-0.2, -0.15) is 0 Å². The maximum absolute atomic E-state index is 11.0. The topological polar surface area (TPSA) is 55.4 Å². The van der Waals surface area contributed by atoms with E-state index in [0.717, 1.165) is 12.8 Å². The van der Waals surface area contributed by atoms with Crippen LogP contribution in [0.1, 0.15) is 33.6 Å². The van der Waals surface area contributed by atoms with Crippen LogP contribution in [0.25, 0.3) is 0 Å². The molecule has 0 atom stereocenters. The van der Waals surface area contributed by atoms with Crippen LogP contribution in [-0.2, 0) is 14.3 Å². The van der Waals surface area contributed by atoms with Crippen LogP contribution in [0.3, 0.4) is 0 Å². The fourth-order valence-electron chi connectivity index (χ4n) is 1.17. The summed E-state index contributed by atoms with van der Waals surface area (Å²) in [6, 6.07) is 0. The van der Waals surface area contributed by atoms with Crippen molar-refractivity contribution >= 4 is 11.9 Å². The third kappa shape index (κ3) is 8.25. The van der Waals surface area contributed by atoms with Crippen LogP contribution in [0, 0.1) is 0 Å². The van der Waals surface area contributed by atoms with E-state index in [2.05, 4.69) is 30.0 Å². The highest BCUT2D eigenvalue weighted by Gasteiger charge is 2.11. The molecule has 0 heterocycles. The molecule has 0 aliphatic heterocycles. The lowest BCUT2D eigenvalue weighted by Crippen LogP contribution is -2.31. The second-order valence-electron chi connectivity index (χ2n) is 4.07. The molecule has 17 heavy (non-hydrogen) atoms. The molecule has 1 N–H and O–H groups in total. The van der Waals surface area contributed by atoms with Crippen molar-refractivity contribution in [1.29, 1.82) is 0 Å². The number of carbonyl (C=O) groups excluding carboxylic acids is 2. The molecule has 0 spiro atoms. The lowest BCUT2D eigenvalue weighted by Gasteiger charge is -2.02. The summed E-state index contributed by atoms with van der Waals surface area (Å²) in [5, 5.41) is 2.46. The summed E-state index contributed by atoms with van der Waals surface area (Å²) in [6.45, 7) is 6.49. The monoisotopic (exact) mass is 239 g/mol. The molecule has 96 valence electrons. The molecule has 0 saturated heterocycles. The Morgan fingerprint density at radius 3 is 2.35 bits per heavy atom. The number of hydrogen-bond donors (Lipinski definition) is 1. The van der Waals surface area contributed by atoms with Gasteiger partial charge in [-0.15, -0.1) is 0 Å². The van der Waals surface area contributed by atoms with Crippen LogP contribution in [0.2, 0.25) is 0 Å². The third-order valence-electron chi connectivity index (χ3n) is 2.18. The van der Waals surface area contributed by atoms with E-state index in [4.69, 9.17) is 0 Å². The maximum atomic E-state index is 11.0. The van der Waals surface area contributed by atoms with Gasteiger partial charge >= 0.3 is 11.9 Å². The quantitative estimate of drug-likeness (QED) is 0.453. The molecule has 0 aliphatic rings. The van der Waals surface area contributed by atoms with E-state index in [9.17, 15) is 9.59 Å². The third-order valence-corrected chi connectivity index (χ3v) is 2.18. The van der Waals surface area contributed by atoms with E-state index in [1.807, 2.05) is 13.0 Å². The zero-order valence-electron chi connectivity index (χ0n) is 11.0. The number of rotatable bonds is 5. The summed E-state index contributed by atoms with van der Waals surface area (Å²) in [6.07, 6.45) is 6.03. The number of carbonyl (C=O) groups is 2. The highest BCUT2D eigenvalue weighted by molar-refractivity contribution is 6.32. The van der Waals surface area contributed by atoms with Gasteiger partial charge in [0.1, 0.15) is 0 Å². The number of amides is 1. The van der Waals surface area contributed by atoms with Gasteiger partial charge in [0.25, 0.3) is 0 Å². The number of nitrogens with one attached hydrogen (secondary N) is 1. The van der Waals surface area contributed by atoms with E-state index in [0.29, 0.717) is 6.54 Å². The average Bonchev–Trinajstić information content (AvgIpc) is 2.27. The van der Waals surface area contributed by atoms with Crippen LogP contribution in [0.4, 0.5) is 0 Å². The molecule has 0 unspecified atom stereocenters. The first-order chi connectivity index (χ1) is 7.97. The molecule has 0 radical (unpaired) electrons. The predicted octanol–water partition coefficient (Wildman–Crippen LogP) is 1.97. The van der Waals surface area contributed by atoms with Gasteiger partial charge in [0.2, 0.25) is 0 Å². The minimum Gasteiger partial charge on any atom is -0.462 e. The van der Waals surface area contributed by atoms with Gasteiger partial charge in [0.15, 0.2) is 0 Å². The van der Waals surface area contributed by atoms with Crippen LogP contribution in [-0.4, -0.2) is 25.5 Å². The Labute approximate surface area is 103 Å². The zero-order valence-corrected chi connectivity index (χ0v) is 11.0. The Morgan fingerprint density at radius 1 is 1.18 bits per heavy atom. The normalized spacial score (nSPS) is 10.7. The lowest BCUT2D eigenvalue weighted by molar-refractivity contribution is -0.152. The molecule has 0 bridgehead atoms. The Hall–Kier alpha value is -1.58. The van der Waals surface area contributed by atoms with E-state index in [1.165, 1.54) is 18.3 Å². The molecule has 4 nitrogen and oxygen atoms in total. The Morgan fingerprint density at radius 2 is 1.82 bits per heavy atom. The predicted molar refractivity (Wildman–Crippen MR) is 67.4 cm³/mol. The first-order valence-electron chi connectivity index (χ1n) is 5.62. The van der Waals surface area contributed by atoms with Crippen molar-refractivity contribution in [1.82, 2.24) is 5.32 Å². The van der Waals surface area contributed by atoms with Gasteiger partial charge in [-0.3, -0.25) is 4.79 Å². The molecule has 4 heteroatoms. The van der Waals surface area contributed by atoms with Crippen molar-refractivity contribution in [3.63, 3.8) is 0 Å². The van der Waals surface area contributed by atoms with Crippen molar-refractivity contribution in [3.8, 4) is 0 Å². The molecule has 0 aliphatic carbocycles. The van der Waals surface area contributed by atoms with Crippen molar-refractivity contribution in [2.45, 2.75) is 33.6 Å². The second kappa shape index (κ2) is 8.56. The van der Waals surface area contributed by atoms with Crippen molar-refractivity contribution in [2.24, 2.45) is 0 Å². The van der Waals surface area contributed by atoms with Crippen LogP contribution < -0.4 is 5.32 Å². The van der Waals surface area contributed by atoms with Gasteiger partial charge < -0.3 is 10.1 Å². The molecular formula is C13H21NO3. The molecule has 0 aromatic carbocycles. The minimum absolute atomic E-state index is 0.356. The number of allylic oxidation sites excluding steroid dienone is 3. The van der Waals surface area contributed by atoms with Crippen molar-refractivity contribution in [3.05, 3.63) is 23.3 Å². The Bertz CT molecular complexity index is 326. The summed E-state index contributed by atoms with van der Waals surface area (Å²) in [7, 11) is 1.18. The van der Waals surface area contributed by atoms with E-state index >= 15 is 0 Å². The molecule has 0 aromatic rings. The molecule has 0 fully saturated rings. The number of ether oxygens (including phenoxy) is 1. The maximum Gasteiger partial charge on any atom is 0.396 e. The summed E-state index contributed by atoms with van der Waals surface area (Å²) in [5.41, 5.74) is 2.49. The van der Waals surface area contributed by atoms with Crippen LogP contribution >= 0.6 is 0 Å². The van der Waals surface area contributed by atoms with Gasteiger partial charge in [0, 0.05) is 6.54 Å². The number of methoxy groups -OCH3 is 1. The lowest BCUT2D eigenvalue weighted by atomic mass is 10.1. The fraction of sp³-hybridized carbons (Fsp3) is 0.538. The zero-order chi connectivity index (χ0) is 13.3. The van der Waals surface area contributed by atoms with Gasteiger partial charge in [-0.25, -0.2) is 4.79 Å². The largest absolute Gasteiger partial charge is 0.462 e. The SMILES string of the molecule is COC(=O)C(=O)NCC=C(C)CCC=C(C)C. The van der Waals surface area contributed by atoms with E-state index < -0.39 is 11.9 Å². The first-order valence-corrected chi connectivity index (χ1v) is 5.62. The van der Waals surface area contributed by atoms with E-state index in [1.54, 1.807) is 0 Å². The molecule has 1 amide bonds. The standard InChI is InChI=1S/C13H21NO3/c1-10(2)6-5-7-11(3)8-9-14-12(15)13(16)17-4/h6,8H,5,7,9H2,1-4H3,(H,14,15). The number of esters is 1.